The van der Waals surface area contributed by atoms with Crippen molar-refractivity contribution in [3.63, 3.8) is 0 Å². The zero-order chi connectivity index (χ0) is 15.4. The zero-order valence-electron chi connectivity index (χ0n) is 12.6. The maximum absolute atomic E-state index is 5.25. The molecule has 0 N–H and O–H groups in total. The van der Waals surface area contributed by atoms with Crippen LogP contribution in [0.3, 0.4) is 0 Å². The number of ether oxygens (including phenoxy) is 1. The van der Waals surface area contributed by atoms with E-state index in [0.717, 1.165) is 33.6 Å². The third-order valence-corrected chi connectivity index (χ3v) is 4.26. The van der Waals surface area contributed by atoms with Crippen molar-refractivity contribution in [3.05, 3.63) is 72.1 Å². The fourth-order valence-electron chi connectivity index (χ4n) is 2.20. The van der Waals surface area contributed by atoms with Crippen molar-refractivity contribution in [1.82, 2.24) is 9.55 Å². The van der Waals surface area contributed by atoms with E-state index in [0.29, 0.717) is 0 Å². The van der Waals surface area contributed by atoms with Gasteiger partial charge < -0.3 is 4.74 Å². The van der Waals surface area contributed by atoms with E-state index in [9.17, 15) is 0 Å². The molecule has 3 rings (SSSR count). The van der Waals surface area contributed by atoms with Crippen LogP contribution < -0.4 is 4.74 Å². The van der Waals surface area contributed by atoms with Crippen LogP contribution in [0.2, 0.25) is 0 Å². The molecule has 4 heteroatoms. The lowest BCUT2D eigenvalue weighted by Crippen LogP contribution is -1.95. The van der Waals surface area contributed by atoms with Crippen molar-refractivity contribution in [2.24, 2.45) is 0 Å². The number of benzene rings is 2. The lowest BCUT2D eigenvalue weighted by atomic mass is 10.2. The number of rotatable bonds is 5. The first-order valence-electron chi connectivity index (χ1n) is 7.05. The van der Waals surface area contributed by atoms with Crippen LogP contribution in [0.4, 0.5) is 0 Å². The SMILES string of the molecule is COc1cc[c]c(CSc2nc(C)cn2-c2ccccc2)c1. The Labute approximate surface area is 135 Å². The van der Waals surface area contributed by atoms with Crippen molar-refractivity contribution >= 4 is 11.8 Å². The normalized spacial score (nSPS) is 10.6. The highest BCUT2D eigenvalue weighted by atomic mass is 32.2. The smallest absolute Gasteiger partial charge is 0.173 e. The van der Waals surface area contributed by atoms with Crippen molar-refractivity contribution in [2.75, 3.05) is 7.11 Å². The Bertz CT molecular complexity index is 753. The third kappa shape index (κ3) is 3.34. The summed E-state index contributed by atoms with van der Waals surface area (Å²) in [4.78, 5) is 4.63. The molecule has 0 atom stereocenters. The van der Waals surface area contributed by atoms with Crippen LogP contribution in [0.5, 0.6) is 5.75 Å². The molecule has 0 aliphatic rings. The van der Waals surface area contributed by atoms with Gasteiger partial charge in [-0.3, -0.25) is 4.57 Å². The molecule has 0 unspecified atom stereocenters. The van der Waals surface area contributed by atoms with E-state index in [1.54, 1.807) is 18.9 Å². The van der Waals surface area contributed by atoms with E-state index in [2.05, 4.69) is 33.9 Å². The molecule has 1 heterocycles. The molecule has 111 valence electrons. The first-order chi connectivity index (χ1) is 10.8. The van der Waals surface area contributed by atoms with Crippen molar-refractivity contribution < 1.29 is 4.74 Å². The average molecular weight is 309 g/mol. The molecule has 2 aromatic carbocycles. The van der Waals surface area contributed by atoms with Gasteiger partial charge in [0.2, 0.25) is 0 Å². The Morgan fingerprint density at radius 3 is 2.82 bits per heavy atom. The summed E-state index contributed by atoms with van der Waals surface area (Å²) in [6, 6.07) is 19.3. The number of hydrogen-bond donors (Lipinski definition) is 0. The van der Waals surface area contributed by atoms with E-state index in [-0.39, 0.29) is 0 Å². The molecular formula is C18H17N2OS. The quantitative estimate of drug-likeness (QED) is 0.658. The molecule has 3 nitrogen and oxygen atoms in total. The fourth-order valence-corrected chi connectivity index (χ4v) is 3.15. The van der Waals surface area contributed by atoms with Gasteiger partial charge >= 0.3 is 0 Å². The molecule has 0 saturated carbocycles. The van der Waals surface area contributed by atoms with Crippen molar-refractivity contribution in [1.29, 1.82) is 0 Å². The van der Waals surface area contributed by atoms with Crippen LogP contribution in [-0.2, 0) is 5.75 Å². The number of methoxy groups -OCH3 is 1. The minimum atomic E-state index is 0.806. The van der Waals surface area contributed by atoms with Crippen LogP contribution in [0.15, 0.2) is 59.9 Å². The molecule has 0 aliphatic heterocycles. The molecule has 0 spiro atoms. The van der Waals surface area contributed by atoms with Crippen molar-refractivity contribution in [3.8, 4) is 11.4 Å². The largest absolute Gasteiger partial charge is 0.497 e. The van der Waals surface area contributed by atoms with Crippen molar-refractivity contribution in [2.45, 2.75) is 17.8 Å². The minimum Gasteiger partial charge on any atom is -0.497 e. The predicted octanol–water partition coefficient (Wildman–Crippen LogP) is 4.28. The van der Waals surface area contributed by atoms with Crippen LogP contribution in [-0.4, -0.2) is 16.7 Å². The summed E-state index contributed by atoms with van der Waals surface area (Å²) in [5.74, 6) is 1.66. The van der Waals surface area contributed by atoms with Crippen LogP contribution in [0.1, 0.15) is 11.3 Å². The van der Waals surface area contributed by atoms with E-state index >= 15 is 0 Å². The van der Waals surface area contributed by atoms with E-state index in [1.807, 2.05) is 43.3 Å². The maximum Gasteiger partial charge on any atom is 0.173 e. The third-order valence-electron chi connectivity index (χ3n) is 3.25. The molecule has 22 heavy (non-hydrogen) atoms. The number of aromatic nitrogens is 2. The van der Waals surface area contributed by atoms with Crippen LogP contribution in [0.25, 0.3) is 5.69 Å². The fraction of sp³-hybridized carbons (Fsp3) is 0.167. The van der Waals surface area contributed by atoms with Gasteiger partial charge in [0.05, 0.1) is 12.8 Å². The van der Waals surface area contributed by atoms with Crippen LogP contribution >= 0.6 is 11.8 Å². The standard InChI is InChI=1S/C18H17N2OS/c1-14-12-20(16-8-4-3-5-9-16)18(19-14)22-13-15-7-6-10-17(11-15)21-2/h3-6,8-12H,13H2,1-2H3. The first kappa shape index (κ1) is 14.7. The van der Waals surface area contributed by atoms with Gasteiger partial charge in [-0.05, 0) is 42.8 Å². The number of thioether (sulfide) groups is 1. The lowest BCUT2D eigenvalue weighted by Gasteiger charge is -2.07. The Hall–Kier alpha value is -2.20. The highest BCUT2D eigenvalue weighted by molar-refractivity contribution is 7.98. The second kappa shape index (κ2) is 6.71. The number of aryl methyl sites for hydroxylation is 1. The molecule has 1 radical (unpaired) electrons. The molecule has 0 bridgehead atoms. The molecule has 0 fully saturated rings. The van der Waals surface area contributed by atoms with E-state index < -0.39 is 0 Å². The summed E-state index contributed by atoms with van der Waals surface area (Å²) in [6.45, 7) is 2.02. The monoisotopic (exact) mass is 309 g/mol. The summed E-state index contributed by atoms with van der Waals surface area (Å²) in [5, 5.41) is 0.986. The summed E-state index contributed by atoms with van der Waals surface area (Å²) in [6.07, 6.45) is 2.06. The Morgan fingerprint density at radius 2 is 2.05 bits per heavy atom. The molecule has 3 aromatic rings. The number of nitrogens with zero attached hydrogens (tertiary/aromatic N) is 2. The topological polar surface area (TPSA) is 27.1 Å². The first-order valence-corrected chi connectivity index (χ1v) is 8.03. The van der Waals surface area contributed by atoms with Gasteiger partial charge in [0.15, 0.2) is 5.16 Å². The molecular weight excluding hydrogens is 292 g/mol. The summed E-state index contributed by atoms with van der Waals surface area (Å²) >= 11 is 1.70. The van der Waals surface area contributed by atoms with Gasteiger partial charge in [-0.15, -0.1) is 0 Å². The summed E-state index contributed by atoms with van der Waals surface area (Å²) < 4.78 is 7.38. The van der Waals surface area contributed by atoms with E-state index in [1.165, 1.54) is 0 Å². The second-order valence-corrected chi connectivity index (χ2v) is 5.86. The number of imidazole rings is 1. The lowest BCUT2D eigenvalue weighted by molar-refractivity contribution is 0.414. The molecule has 1 aromatic heterocycles. The average Bonchev–Trinajstić information content (AvgIpc) is 2.95. The number of para-hydroxylation sites is 1. The van der Waals surface area contributed by atoms with Gasteiger partial charge in [0.1, 0.15) is 5.75 Å². The van der Waals surface area contributed by atoms with Gasteiger partial charge in [-0.1, -0.05) is 36.0 Å². The Morgan fingerprint density at radius 1 is 1.23 bits per heavy atom. The highest BCUT2D eigenvalue weighted by Crippen LogP contribution is 2.26. The van der Waals surface area contributed by atoms with Gasteiger partial charge in [0, 0.05) is 17.6 Å². The van der Waals surface area contributed by atoms with Gasteiger partial charge in [-0.2, -0.15) is 0 Å². The minimum absolute atomic E-state index is 0.806. The second-order valence-electron chi connectivity index (χ2n) is 4.91. The van der Waals surface area contributed by atoms with E-state index in [4.69, 9.17) is 4.74 Å². The predicted molar refractivity (Wildman–Crippen MR) is 89.7 cm³/mol. The zero-order valence-corrected chi connectivity index (χ0v) is 13.4. The molecule has 0 saturated heterocycles. The molecule has 0 aliphatic carbocycles. The molecule has 0 amide bonds. The van der Waals surface area contributed by atoms with Gasteiger partial charge in [-0.25, -0.2) is 4.98 Å². The number of hydrogen-bond acceptors (Lipinski definition) is 3. The Balaban J connectivity index is 1.81. The Kier molecular flexibility index (Phi) is 4.49. The highest BCUT2D eigenvalue weighted by Gasteiger charge is 2.08. The summed E-state index contributed by atoms with van der Waals surface area (Å²) in [7, 11) is 1.68. The maximum atomic E-state index is 5.25. The summed E-state index contributed by atoms with van der Waals surface area (Å²) in [5.41, 5.74) is 3.24. The van der Waals surface area contributed by atoms with Gasteiger partial charge in [0.25, 0.3) is 0 Å². The van der Waals surface area contributed by atoms with Crippen LogP contribution in [0, 0.1) is 13.0 Å².